The van der Waals surface area contributed by atoms with Gasteiger partial charge < -0.3 is 9.47 Å². The van der Waals surface area contributed by atoms with Crippen LogP contribution in [0.3, 0.4) is 0 Å². The van der Waals surface area contributed by atoms with Crippen LogP contribution in [0.5, 0.6) is 5.75 Å². The highest BCUT2D eigenvalue weighted by atomic mass is 79.9. The zero-order chi connectivity index (χ0) is 18.8. The fourth-order valence-electron chi connectivity index (χ4n) is 2.54. The maximum absolute atomic E-state index is 12.2. The number of ether oxygens (including phenoxy) is 2. The maximum Gasteiger partial charge on any atom is 0.363 e. The Labute approximate surface area is 157 Å². The molecule has 0 aliphatic carbocycles. The quantitative estimate of drug-likeness (QED) is 0.324. The van der Waals surface area contributed by atoms with E-state index in [4.69, 9.17) is 9.47 Å². The van der Waals surface area contributed by atoms with Crippen LogP contribution in [0.1, 0.15) is 16.7 Å². The number of esters is 1. The number of nitro benzene ring substituents is 1. The molecule has 0 saturated carbocycles. The summed E-state index contributed by atoms with van der Waals surface area (Å²) in [6.07, 6.45) is 1.55. The molecular formula is C18H13BrN2O5. The van der Waals surface area contributed by atoms with Crippen LogP contribution in [0.25, 0.3) is 6.08 Å². The highest BCUT2D eigenvalue weighted by molar-refractivity contribution is 9.10. The summed E-state index contributed by atoms with van der Waals surface area (Å²) in [4.78, 5) is 27.0. The number of carbonyl (C=O) groups excluding carboxylic acids is 1. The largest absolute Gasteiger partial charge is 0.496 e. The van der Waals surface area contributed by atoms with Gasteiger partial charge in [-0.15, -0.1) is 0 Å². The third kappa shape index (κ3) is 3.36. The zero-order valence-electron chi connectivity index (χ0n) is 13.9. The number of rotatable bonds is 4. The van der Waals surface area contributed by atoms with Gasteiger partial charge in [-0.2, -0.15) is 0 Å². The summed E-state index contributed by atoms with van der Waals surface area (Å²) in [5, 5.41) is 11.1. The summed E-state index contributed by atoms with van der Waals surface area (Å²) in [5.74, 6) is -0.0203. The van der Waals surface area contributed by atoms with Crippen molar-refractivity contribution in [2.75, 3.05) is 7.11 Å². The monoisotopic (exact) mass is 416 g/mol. The van der Waals surface area contributed by atoms with Crippen LogP contribution in [-0.4, -0.2) is 23.9 Å². The van der Waals surface area contributed by atoms with Crippen LogP contribution in [-0.2, 0) is 9.53 Å². The second-order valence-electron chi connectivity index (χ2n) is 5.43. The van der Waals surface area contributed by atoms with Gasteiger partial charge in [0.15, 0.2) is 5.70 Å². The Bertz CT molecular complexity index is 982. The van der Waals surface area contributed by atoms with E-state index in [0.717, 1.165) is 4.47 Å². The Kier molecular flexibility index (Phi) is 4.85. The fourth-order valence-corrected chi connectivity index (χ4v) is 2.92. The van der Waals surface area contributed by atoms with Gasteiger partial charge in [0.25, 0.3) is 5.69 Å². The smallest absolute Gasteiger partial charge is 0.363 e. The summed E-state index contributed by atoms with van der Waals surface area (Å²) in [5.41, 5.74) is 1.45. The Morgan fingerprint density at radius 3 is 2.77 bits per heavy atom. The second-order valence-corrected chi connectivity index (χ2v) is 6.34. The van der Waals surface area contributed by atoms with Crippen LogP contribution in [0.4, 0.5) is 5.69 Å². The molecule has 0 N–H and O–H groups in total. The van der Waals surface area contributed by atoms with E-state index in [2.05, 4.69) is 20.9 Å². The number of benzene rings is 2. The molecule has 1 aliphatic heterocycles. The normalized spacial score (nSPS) is 15.0. The maximum atomic E-state index is 12.2. The lowest BCUT2D eigenvalue weighted by Gasteiger charge is -2.04. The number of cyclic esters (lactones) is 1. The van der Waals surface area contributed by atoms with Crippen molar-refractivity contribution in [3.05, 3.63) is 73.4 Å². The highest BCUT2D eigenvalue weighted by Crippen LogP contribution is 2.29. The van der Waals surface area contributed by atoms with Crippen molar-refractivity contribution in [3.63, 3.8) is 0 Å². The molecule has 0 unspecified atom stereocenters. The number of nitro groups is 1. The van der Waals surface area contributed by atoms with E-state index in [1.165, 1.54) is 19.2 Å². The minimum atomic E-state index is -0.632. The molecule has 0 aromatic heterocycles. The van der Waals surface area contributed by atoms with Gasteiger partial charge in [0, 0.05) is 27.2 Å². The van der Waals surface area contributed by atoms with Crippen LogP contribution in [0.2, 0.25) is 0 Å². The number of hydrogen-bond acceptors (Lipinski definition) is 6. The molecule has 7 nitrogen and oxygen atoms in total. The molecule has 0 saturated heterocycles. The number of methoxy groups -OCH3 is 1. The van der Waals surface area contributed by atoms with Crippen molar-refractivity contribution in [2.24, 2.45) is 4.99 Å². The Hall–Kier alpha value is -3.00. The zero-order valence-corrected chi connectivity index (χ0v) is 15.4. The van der Waals surface area contributed by atoms with E-state index < -0.39 is 10.9 Å². The first-order valence-electron chi connectivity index (χ1n) is 7.51. The van der Waals surface area contributed by atoms with Crippen LogP contribution in [0, 0.1) is 17.0 Å². The van der Waals surface area contributed by atoms with Gasteiger partial charge >= 0.3 is 5.97 Å². The number of nitrogens with zero attached hydrogens (tertiary/aromatic N) is 2. The molecule has 0 atom stereocenters. The Morgan fingerprint density at radius 2 is 2.08 bits per heavy atom. The summed E-state index contributed by atoms with van der Waals surface area (Å²) in [7, 11) is 1.53. The second kappa shape index (κ2) is 7.09. The van der Waals surface area contributed by atoms with Gasteiger partial charge in [-0.3, -0.25) is 10.1 Å². The van der Waals surface area contributed by atoms with E-state index in [1.807, 2.05) is 6.07 Å². The lowest BCUT2D eigenvalue weighted by atomic mass is 10.1. The molecule has 0 spiro atoms. The topological polar surface area (TPSA) is 91.0 Å². The van der Waals surface area contributed by atoms with Crippen molar-refractivity contribution in [1.82, 2.24) is 0 Å². The number of halogens is 1. The first kappa shape index (κ1) is 17.8. The molecular weight excluding hydrogens is 404 g/mol. The molecule has 0 radical (unpaired) electrons. The lowest BCUT2D eigenvalue weighted by Crippen LogP contribution is -2.08. The van der Waals surface area contributed by atoms with E-state index >= 15 is 0 Å². The van der Waals surface area contributed by atoms with Gasteiger partial charge in [0.2, 0.25) is 5.90 Å². The van der Waals surface area contributed by atoms with Crippen molar-refractivity contribution in [1.29, 1.82) is 0 Å². The van der Waals surface area contributed by atoms with Crippen molar-refractivity contribution < 1.29 is 19.2 Å². The fraction of sp³-hybridized carbons (Fsp3) is 0.111. The predicted molar refractivity (Wildman–Crippen MR) is 99.1 cm³/mol. The third-order valence-electron chi connectivity index (χ3n) is 3.84. The molecule has 26 heavy (non-hydrogen) atoms. The van der Waals surface area contributed by atoms with Crippen molar-refractivity contribution in [3.8, 4) is 5.75 Å². The first-order chi connectivity index (χ1) is 12.4. The van der Waals surface area contributed by atoms with Crippen LogP contribution < -0.4 is 4.74 Å². The highest BCUT2D eigenvalue weighted by Gasteiger charge is 2.27. The number of carbonyl (C=O) groups is 1. The van der Waals surface area contributed by atoms with E-state index in [0.29, 0.717) is 22.4 Å². The van der Waals surface area contributed by atoms with Crippen molar-refractivity contribution in [2.45, 2.75) is 6.92 Å². The summed E-state index contributed by atoms with van der Waals surface area (Å²) in [6.45, 7) is 1.59. The molecule has 0 bridgehead atoms. The lowest BCUT2D eigenvalue weighted by molar-refractivity contribution is -0.385. The Balaban J connectivity index is 2.05. The first-order valence-corrected chi connectivity index (χ1v) is 8.30. The summed E-state index contributed by atoms with van der Waals surface area (Å²) < 4.78 is 11.3. The minimum Gasteiger partial charge on any atom is -0.496 e. The minimum absolute atomic E-state index is 0.0383. The molecule has 1 heterocycles. The van der Waals surface area contributed by atoms with Gasteiger partial charge in [-0.05, 0) is 37.3 Å². The van der Waals surface area contributed by atoms with E-state index in [9.17, 15) is 14.9 Å². The van der Waals surface area contributed by atoms with Crippen LogP contribution in [0.15, 0.2) is 51.6 Å². The predicted octanol–water partition coefficient (Wildman–Crippen LogP) is 4.02. The average molecular weight is 417 g/mol. The van der Waals surface area contributed by atoms with E-state index in [-0.39, 0.29) is 17.3 Å². The average Bonchev–Trinajstić information content (AvgIpc) is 2.95. The Morgan fingerprint density at radius 1 is 1.31 bits per heavy atom. The summed E-state index contributed by atoms with van der Waals surface area (Å²) >= 11 is 3.37. The SMILES string of the molecule is COc1ccc(Br)cc1/C=C1\N=C(c2cccc([N+](=O)[O-])c2C)OC1=O. The standard InChI is InChI=1S/C18H13BrN2O5/c1-10-13(4-3-5-15(10)21(23)24)17-20-14(18(22)26-17)9-11-8-12(19)6-7-16(11)25-2/h3-9H,1-2H3/b14-9-. The van der Waals surface area contributed by atoms with E-state index in [1.54, 1.807) is 31.2 Å². The number of aliphatic imine (C=N–C) groups is 1. The third-order valence-corrected chi connectivity index (χ3v) is 4.33. The molecule has 8 heteroatoms. The summed E-state index contributed by atoms with van der Waals surface area (Å²) in [6, 6.07) is 9.89. The van der Waals surface area contributed by atoms with Gasteiger partial charge in [0.05, 0.1) is 12.0 Å². The molecule has 2 aromatic carbocycles. The van der Waals surface area contributed by atoms with Crippen LogP contribution >= 0.6 is 15.9 Å². The molecule has 0 fully saturated rings. The molecule has 1 aliphatic rings. The van der Waals surface area contributed by atoms with Gasteiger partial charge in [-0.25, -0.2) is 9.79 Å². The van der Waals surface area contributed by atoms with Gasteiger partial charge in [0.1, 0.15) is 5.75 Å². The molecule has 132 valence electrons. The van der Waals surface area contributed by atoms with Crippen molar-refractivity contribution >= 4 is 39.6 Å². The van der Waals surface area contributed by atoms with Gasteiger partial charge in [-0.1, -0.05) is 22.0 Å². The molecule has 0 amide bonds. The number of hydrogen-bond donors (Lipinski definition) is 0. The molecule has 2 aromatic rings. The molecule has 3 rings (SSSR count).